The Bertz CT molecular complexity index is 508. The zero-order valence-electron chi connectivity index (χ0n) is 12.2. The molecule has 0 radical (unpaired) electrons. The number of nitriles is 1. The minimum atomic E-state index is 0.255. The molecule has 1 atom stereocenters. The van der Waals surface area contributed by atoms with E-state index in [-0.39, 0.29) is 6.10 Å². The largest absolute Gasteiger partial charge is 0.493 e. The van der Waals surface area contributed by atoms with Gasteiger partial charge < -0.3 is 25.3 Å². The topological polar surface area (TPSA) is 89.5 Å². The molecule has 21 heavy (non-hydrogen) atoms. The van der Waals surface area contributed by atoms with Crippen LogP contribution in [0.5, 0.6) is 11.5 Å². The molecule has 1 aromatic carbocycles. The second-order valence-corrected chi connectivity index (χ2v) is 4.89. The van der Waals surface area contributed by atoms with Gasteiger partial charge in [-0.15, -0.1) is 0 Å². The highest BCUT2D eigenvalue weighted by atomic mass is 16.5. The number of nitrogen functional groups attached to an aromatic ring is 1. The van der Waals surface area contributed by atoms with Gasteiger partial charge in [-0.1, -0.05) is 0 Å². The van der Waals surface area contributed by atoms with Crippen molar-refractivity contribution in [2.24, 2.45) is 0 Å². The van der Waals surface area contributed by atoms with Crippen molar-refractivity contribution in [1.29, 1.82) is 5.26 Å². The molecule has 2 rings (SSSR count). The summed E-state index contributed by atoms with van der Waals surface area (Å²) in [4.78, 5) is 0. The molecule has 0 aromatic heterocycles. The predicted molar refractivity (Wildman–Crippen MR) is 79.5 cm³/mol. The summed E-state index contributed by atoms with van der Waals surface area (Å²) in [6.45, 7) is 3.13. The highest BCUT2D eigenvalue weighted by Crippen LogP contribution is 2.32. The first-order valence-electron chi connectivity index (χ1n) is 7.07. The summed E-state index contributed by atoms with van der Waals surface area (Å²) in [6.07, 6.45) is 2.07. The Labute approximate surface area is 124 Å². The van der Waals surface area contributed by atoms with Crippen LogP contribution in [0.25, 0.3) is 0 Å². The number of ether oxygens (including phenoxy) is 3. The molecule has 1 aliphatic rings. The van der Waals surface area contributed by atoms with Crippen LogP contribution in [0.2, 0.25) is 0 Å². The van der Waals surface area contributed by atoms with Gasteiger partial charge in [-0.25, -0.2) is 0 Å². The lowest BCUT2D eigenvalue weighted by Crippen LogP contribution is -2.38. The molecule has 1 heterocycles. The summed E-state index contributed by atoms with van der Waals surface area (Å²) < 4.78 is 16.6. The fraction of sp³-hybridized carbons (Fsp3) is 0.533. The third kappa shape index (κ3) is 4.25. The zero-order chi connectivity index (χ0) is 15.1. The van der Waals surface area contributed by atoms with Crippen molar-refractivity contribution < 1.29 is 14.2 Å². The number of hydrogen-bond donors (Lipinski definition) is 2. The van der Waals surface area contributed by atoms with Crippen molar-refractivity contribution in [3.05, 3.63) is 17.7 Å². The van der Waals surface area contributed by atoms with E-state index in [0.717, 1.165) is 32.5 Å². The summed E-state index contributed by atoms with van der Waals surface area (Å²) in [7, 11) is 1.55. The third-order valence-corrected chi connectivity index (χ3v) is 3.39. The minimum absolute atomic E-state index is 0.255. The molecule has 1 unspecified atom stereocenters. The first kappa shape index (κ1) is 15.4. The Morgan fingerprint density at radius 1 is 1.48 bits per heavy atom. The monoisotopic (exact) mass is 291 g/mol. The molecule has 0 aliphatic carbocycles. The van der Waals surface area contributed by atoms with E-state index in [4.69, 9.17) is 25.2 Å². The Morgan fingerprint density at radius 2 is 2.33 bits per heavy atom. The van der Waals surface area contributed by atoms with E-state index in [9.17, 15) is 0 Å². The van der Waals surface area contributed by atoms with Crippen molar-refractivity contribution in [3.63, 3.8) is 0 Å². The molecule has 6 heteroatoms. The lowest BCUT2D eigenvalue weighted by molar-refractivity contribution is 0.0203. The first-order valence-corrected chi connectivity index (χ1v) is 7.07. The van der Waals surface area contributed by atoms with Gasteiger partial charge in [0.05, 0.1) is 37.7 Å². The molecular formula is C15H21N3O3. The van der Waals surface area contributed by atoms with E-state index >= 15 is 0 Å². The maximum atomic E-state index is 9.00. The number of benzene rings is 1. The Hall–Kier alpha value is -1.97. The van der Waals surface area contributed by atoms with E-state index in [1.807, 2.05) is 6.07 Å². The van der Waals surface area contributed by atoms with Crippen molar-refractivity contribution >= 4 is 5.69 Å². The summed E-state index contributed by atoms with van der Waals surface area (Å²) >= 11 is 0. The standard InChI is InChI=1S/C15H21N3O3/c1-19-14-8-13(17)11(9-16)7-15(14)21-5-2-3-12-10-18-4-6-20-12/h7-8,12,18H,2-6,10,17H2,1H3. The van der Waals surface area contributed by atoms with Crippen molar-refractivity contribution in [3.8, 4) is 17.6 Å². The van der Waals surface area contributed by atoms with E-state index in [1.54, 1.807) is 19.2 Å². The molecule has 0 saturated carbocycles. The van der Waals surface area contributed by atoms with Crippen LogP contribution in [-0.4, -0.2) is 39.5 Å². The van der Waals surface area contributed by atoms with Gasteiger partial charge in [-0.2, -0.15) is 5.26 Å². The Kier molecular flexibility index (Phi) is 5.67. The van der Waals surface area contributed by atoms with Crippen LogP contribution in [0, 0.1) is 11.3 Å². The lowest BCUT2D eigenvalue weighted by atomic mass is 10.1. The molecule has 1 aromatic rings. The van der Waals surface area contributed by atoms with Crippen LogP contribution in [0.3, 0.4) is 0 Å². The van der Waals surface area contributed by atoms with Crippen LogP contribution in [0.4, 0.5) is 5.69 Å². The van der Waals surface area contributed by atoms with Crippen LogP contribution in [0.1, 0.15) is 18.4 Å². The number of morpholine rings is 1. The highest BCUT2D eigenvalue weighted by molar-refractivity contribution is 5.62. The first-order chi connectivity index (χ1) is 10.2. The molecule has 114 valence electrons. The fourth-order valence-electron chi connectivity index (χ4n) is 2.24. The Balaban J connectivity index is 1.86. The van der Waals surface area contributed by atoms with E-state index < -0.39 is 0 Å². The third-order valence-electron chi connectivity index (χ3n) is 3.39. The summed E-state index contributed by atoms with van der Waals surface area (Å²) in [5, 5.41) is 12.3. The van der Waals surface area contributed by atoms with Gasteiger partial charge in [0.1, 0.15) is 6.07 Å². The van der Waals surface area contributed by atoms with Crippen LogP contribution in [-0.2, 0) is 4.74 Å². The number of nitrogens with one attached hydrogen (secondary N) is 1. The molecule has 1 saturated heterocycles. The average molecular weight is 291 g/mol. The SMILES string of the molecule is COc1cc(N)c(C#N)cc1OCCCC1CNCCO1. The number of hydrogen-bond acceptors (Lipinski definition) is 6. The van der Waals surface area contributed by atoms with Crippen LogP contribution < -0.4 is 20.5 Å². The van der Waals surface area contributed by atoms with E-state index in [2.05, 4.69) is 5.32 Å². The highest BCUT2D eigenvalue weighted by Gasteiger charge is 2.13. The molecule has 1 fully saturated rings. The molecule has 0 bridgehead atoms. The van der Waals surface area contributed by atoms with Gasteiger partial charge in [0.2, 0.25) is 0 Å². The molecule has 1 aliphatic heterocycles. The second-order valence-electron chi connectivity index (χ2n) is 4.89. The van der Waals surface area contributed by atoms with Gasteiger partial charge in [0.25, 0.3) is 0 Å². The molecule has 0 amide bonds. The molecule has 3 N–H and O–H groups in total. The van der Waals surface area contributed by atoms with Gasteiger partial charge in [0, 0.05) is 25.2 Å². The number of nitrogens with zero attached hydrogens (tertiary/aromatic N) is 1. The lowest BCUT2D eigenvalue weighted by Gasteiger charge is -2.23. The van der Waals surface area contributed by atoms with Gasteiger partial charge >= 0.3 is 0 Å². The summed E-state index contributed by atoms with van der Waals surface area (Å²) in [5.74, 6) is 1.09. The number of nitrogens with two attached hydrogens (primary N) is 1. The number of anilines is 1. The van der Waals surface area contributed by atoms with Crippen LogP contribution in [0.15, 0.2) is 12.1 Å². The molecular weight excluding hydrogens is 270 g/mol. The van der Waals surface area contributed by atoms with Crippen molar-refractivity contribution in [1.82, 2.24) is 5.32 Å². The number of methoxy groups -OCH3 is 1. The smallest absolute Gasteiger partial charge is 0.162 e. The van der Waals surface area contributed by atoms with Gasteiger partial charge in [0.15, 0.2) is 11.5 Å². The quantitative estimate of drug-likeness (QED) is 0.606. The predicted octanol–water partition coefficient (Wildman–Crippen LogP) is 1.30. The summed E-state index contributed by atoms with van der Waals surface area (Å²) in [5.41, 5.74) is 6.53. The second kappa shape index (κ2) is 7.72. The van der Waals surface area contributed by atoms with Crippen LogP contribution >= 0.6 is 0 Å². The molecule has 6 nitrogen and oxygen atoms in total. The van der Waals surface area contributed by atoms with E-state index in [0.29, 0.717) is 29.4 Å². The Morgan fingerprint density at radius 3 is 3.00 bits per heavy atom. The average Bonchev–Trinajstić information content (AvgIpc) is 2.53. The maximum Gasteiger partial charge on any atom is 0.162 e. The molecule has 0 spiro atoms. The summed E-state index contributed by atoms with van der Waals surface area (Å²) in [6, 6.07) is 5.27. The van der Waals surface area contributed by atoms with Gasteiger partial charge in [-0.3, -0.25) is 0 Å². The zero-order valence-corrected chi connectivity index (χ0v) is 12.2. The maximum absolute atomic E-state index is 9.00. The van der Waals surface area contributed by atoms with Crippen molar-refractivity contribution in [2.45, 2.75) is 18.9 Å². The normalized spacial score (nSPS) is 18.0. The number of rotatable bonds is 6. The fourth-order valence-corrected chi connectivity index (χ4v) is 2.24. The van der Waals surface area contributed by atoms with Gasteiger partial charge in [-0.05, 0) is 12.8 Å². The van der Waals surface area contributed by atoms with Crippen molar-refractivity contribution in [2.75, 3.05) is 39.1 Å². The van der Waals surface area contributed by atoms with E-state index in [1.165, 1.54) is 0 Å². The minimum Gasteiger partial charge on any atom is -0.493 e.